The molecule has 0 aromatic carbocycles. The summed E-state index contributed by atoms with van der Waals surface area (Å²) in [5.41, 5.74) is 6.53. The minimum Gasteiger partial charge on any atom is -0.476 e. The number of hydrogen-bond acceptors (Lipinski definition) is 4. The SMILES string of the molecule is CCCOc1nc(N(C)CC2CCCCC2)ccc1N. The van der Waals surface area contributed by atoms with Crippen molar-refractivity contribution in [3.05, 3.63) is 12.1 Å². The van der Waals surface area contributed by atoms with Crippen molar-refractivity contribution in [2.24, 2.45) is 5.92 Å². The Balaban J connectivity index is 1.99. The molecule has 0 unspecified atom stereocenters. The maximum atomic E-state index is 5.91. The number of anilines is 2. The van der Waals surface area contributed by atoms with Crippen molar-refractivity contribution in [2.75, 3.05) is 30.8 Å². The van der Waals surface area contributed by atoms with Crippen molar-refractivity contribution < 1.29 is 4.74 Å². The summed E-state index contributed by atoms with van der Waals surface area (Å²) in [4.78, 5) is 6.78. The fourth-order valence-electron chi connectivity index (χ4n) is 2.82. The lowest BCUT2D eigenvalue weighted by Gasteiger charge is -2.28. The highest BCUT2D eigenvalue weighted by Gasteiger charge is 2.16. The van der Waals surface area contributed by atoms with Crippen LogP contribution in [0.3, 0.4) is 0 Å². The zero-order valence-corrected chi connectivity index (χ0v) is 12.8. The van der Waals surface area contributed by atoms with E-state index in [9.17, 15) is 0 Å². The highest BCUT2D eigenvalue weighted by molar-refractivity contribution is 5.54. The smallest absolute Gasteiger partial charge is 0.239 e. The average Bonchev–Trinajstić information content (AvgIpc) is 2.47. The van der Waals surface area contributed by atoms with Gasteiger partial charge in [0.1, 0.15) is 5.82 Å². The van der Waals surface area contributed by atoms with Crippen LogP contribution < -0.4 is 15.4 Å². The number of nitrogens with two attached hydrogens (primary N) is 1. The molecule has 1 fully saturated rings. The van der Waals surface area contributed by atoms with Gasteiger partial charge >= 0.3 is 0 Å². The van der Waals surface area contributed by atoms with Gasteiger partial charge in [-0.15, -0.1) is 0 Å². The van der Waals surface area contributed by atoms with E-state index in [1.54, 1.807) is 0 Å². The second-order valence-corrected chi connectivity index (χ2v) is 5.80. The maximum Gasteiger partial charge on any atom is 0.239 e. The molecular formula is C16H27N3O. The van der Waals surface area contributed by atoms with E-state index < -0.39 is 0 Å². The van der Waals surface area contributed by atoms with Gasteiger partial charge in [0.05, 0.1) is 12.3 Å². The number of pyridine rings is 1. The Hall–Kier alpha value is -1.45. The van der Waals surface area contributed by atoms with Crippen LogP contribution in [-0.2, 0) is 0 Å². The highest BCUT2D eigenvalue weighted by Crippen LogP contribution is 2.27. The van der Waals surface area contributed by atoms with E-state index in [2.05, 4.69) is 23.9 Å². The summed E-state index contributed by atoms with van der Waals surface area (Å²) in [6.45, 7) is 3.81. The summed E-state index contributed by atoms with van der Waals surface area (Å²) in [6.07, 6.45) is 7.80. The molecule has 0 atom stereocenters. The van der Waals surface area contributed by atoms with Crippen LogP contribution >= 0.6 is 0 Å². The molecule has 2 N–H and O–H groups in total. The molecule has 20 heavy (non-hydrogen) atoms. The van der Waals surface area contributed by atoms with Crippen molar-refractivity contribution in [1.82, 2.24) is 4.98 Å². The number of nitrogen functional groups attached to an aromatic ring is 1. The van der Waals surface area contributed by atoms with E-state index in [1.807, 2.05) is 12.1 Å². The van der Waals surface area contributed by atoms with E-state index in [0.29, 0.717) is 18.2 Å². The van der Waals surface area contributed by atoms with Crippen LogP contribution in [0, 0.1) is 5.92 Å². The predicted molar refractivity (Wildman–Crippen MR) is 84.3 cm³/mol. The van der Waals surface area contributed by atoms with Crippen molar-refractivity contribution in [1.29, 1.82) is 0 Å². The van der Waals surface area contributed by atoms with Gasteiger partial charge in [-0.3, -0.25) is 0 Å². The second-order valence-electron chi connectivity index (χ2n) is 5.80. The summed E-state index contributed by atoms with van der Waals surface area (Å²) in [5, 5.41) is 0. The number of ether oxygens (including phenoxy) is 1. The number of aromatic nitrogens is 1. The van der Waals surface area contributed by atoms with Crippen LogP contribution in [-0.4, -0.2) is 25.2 Å². The molecule has 0 spiro atoms. The van der Waals surface area contributed by atoms with Crippen molar-refractivity contribution >= 4 is 11.5 Å². The summed E-state index contributed by atoms with van der Waals surface area (Å²) in [7, 11) is 2.11. The van der Waals surface area contributed by atoms with Crippen LogP contribution in [0.2, 0.25) is 0 Å². The Morgan fingerprint density at radius 1 is 1.30 bits per heavy atom. The van der Waals surface area contributed by atoms with Crippen LogP contribution in [0.4, 0.5) is 11.5 Å². The van der Waals surface area contributed by atoms with Gasteiger partial charge in [0.2, 0.25) is 5.88 Å². The molecule has 4 heteroatoms. The Labute approximate surface area is 122 Å². The Bertz CT molecular complexity index is 416. The Kier molecular flexibility index (Phi) is 5.50. The van der Waals surface area contributed by atoms with Crippen molar-refractivity contribution in [3.8, 4) is 5.88 Å². The molecule has 4 nitrogen and oxygen atoms in total. The minimum atomic E-state index is 0.569. The Morgan fingerprint density at radius 3 is 2.75 bits per heavy atom. The third kappa shape index (κ3) is 4.02. The van der Waals surface area contributed by atoms with E-state index in [4.69, 9.17) is 10.5 Å². The van der Waals surface area contributed by atoms with Gasteiger partial charge in [0, 0.05) is 13.6 Å². The summed E-state index contributed by atoms with van der Waals surface area (Å²) < 4.78 is 5.60. The quantitative estimate of drug-likeness (QED) is 0.865. The molecule has 1 aromatic rings. The maximum absolute atomic E-state index is 5.91. The average molecular weight is 277 g/mol. The molecule has 2 rings (SSSR count). The van der Waals surface area contributed by atoms with Gasteiger partial charge in [-0.05, 0) is 37.3 Å². The lowest BCUT2D eigenvalue weighted by molar-refractivity contribution is 0.307. The molecule has 1 aliphatic rings. The standard InChI is InChI=1S/C16H27N3O/c1-3-11-20-16-14(17)9-10-15(18-16)19(2)12-13-7-5-4-6-8-13/h9-10,13H,3-8,11-12,17H2,1-2H3. The first-order chi connectivity index (χ1) is 9.70. The normalized spacial score (nSPS) is 16.1. The predicted octanol–water partition coefficient (Wildman–Crippen LogP) is 3.47. The first-order valence-electron chi connectivity index (χ1n) is 7.81. The molecule has 1 aliphatic carbocycles. The molecule has 0 saturated heterocycles. The Morgan fingerprint density at radius 2 is 2.05 bits per heavy atom. The highest BCUT2D eigenvalue weighted by atomic mass is 16.5. The molecule has 1 saturated carbocycles. The summed E-state index contributed by atoms with van der Waals surface area (Å²) in [5.74, 6) is 2.32. The minimum absolute atomic E-state index is 0.569. The molecule has 1 aromatic heterocycles. The molecule has 0 bridgehead atoms. The number of hydrogen-bond donors (Lipinski definition) is 1. The van der Waals surface area contributed by atoms with Gasteiger partial charge < -0.3 is 15.4 Å². The molecule has 0 amide bonds. The van der Waals surface area contributed by atoms with E-state index in [1.165, 1.54) is 32.1 Å². The molecule has 0 aliphatic heterocycles. The first-order valence-corrected chi connectivity index (χ1v) is 7.81. The lowest BCUT2D eigenvalue weighted by Crippen LogP contribution is -2.27. The van der Waals surface area contributed by atoms with Crippen molar-refractivity contribution in [2.45, 2.75) is 45.4 Å². The van der Waals surface area contributed by atoms with Crippen LogP contribution in [0.25, 0.3) is 0 Å². The van der Waals surface area contributed by atoms with Crippen molar-refractivity contribution in [3.63, 3.8) is 0 Å². The molecule has 1 heterocycles. The van der Waals surface area contributed by atoms with Crippen LogP contribution in [0.5, 0.6) is 5.88 Å². The van der Waals surface area contributed by atoms with E-state index >= 15 is 0 Å². The fourth-order valence-corrected chi connectivity index (χ4v) is 2.82. The van der Waals surface area contributed by atoms with E-state index in [-0.39, 0.29) is 0 Å². The van der Waals surface area contributed by atoms with Crippen LogP contribution in [0.1, 0.15) is 45.4 Å². The lowest BCUT2D eigenvalue weighted by atomic mass is 9.89. The summed E-state index contributed by atoms with van der Waals surface area (Å²) >= 11 is 0. The summed E-state index contributed by atoms with van der Waals surface area (Å²) in [6, 6.07) is 3.88. The van der Waals surface area contributed by atoms with E-state index in [0.717, 1.165) is 24.7 Å². The van der Waals surface area contributed by atoms with Gasteiger partial charge in [0.25, 0.3) is 0 Å². The number of nitrogens with zero attached hydrogens (tertiary/aromatic N) is 2. The fraction of sp³-hybridized carbons (Fsp3) is 0.688. The largest absolute Gasteiger partial charge is 0.476 e. The zero-order valence-electron chi connectivity index (χ0n) is 12.8. The second kappa shape index (κ2) is 7.36. The van der Waals surface area contributed by atoms with Gasteiger partial charge in [0.15, 0.2) is 0 Å². The first kappa shape index (κ1) is 14.9. The number of rotatable bonds is 6. The van der Waals surface area contributed by atoms with Gasteiger partial charge in [-0.25, -0.2) is 0 Å². The zero-order chi connectivity index (χ0) is 14.4. The van der Waals surface area contributed by atoms with Gasteiger partial charge in [-0.1, -0.05) is 26.2 Å². The topological polar surface area (TPSA) is 51.4 Å². The molecule has 0 radical (unpaired) electrons. The molecule has 112 valence electrons. The van der Waals surface area contributed by atoms with Crippen LogP contribution in [0.15, 0.2) is 12.1 Å². The molecular weight excluding hydrogens is 250 g/mol. The third-order valence-electron chi connectivity index (χ3n) is 3.97. The monoisotopic (exact) mass is 277 g/mol. The third-order valence-corrected chi connectivity index (χ3v) is 3.97. The van der Waals surface area contributed by atoms with Gasteiger partial charge in [-0.2, -0.15) is 4.98 Å².